The van der Waals surface area contributed by atoms with E-state index >= 15 is 0 Å². The molecule has 0 spiro atoms. The molecule has 0 amide bonds. The summed E-state index contributed by atoms with van der Waals surface area (Å²) in [7, 11) is 3.22. The van der Waals surface area contributed by atoms with Crippen molar-refractivity contribution in [2.24, 2.45) is 11.6 Å². The maximum Gasteiger partial charge on any atom is 0.0222 e. The molecule has 4 rings (SSSR count). The summed E-state index contributed by atoms with van der Waals surface area (Å²) in [6.07, 6.45) is 5.55. The molecule has 3 nitrogen and oxygen atoms in total. The van der Waals surface area contributed by atoms with Crippen LogP contribution in [0.3, 0.4) is 0 Å². The normalized spacial score (nSPS) is 9.84. The Kier molecular flexibility index (Phi) is 14.1. The number of aryl methyl sites for hydroxylation is 1. The number of rotatable bonds is 2. The van der Waals surface area contributed by atoms with Gasteiger partial charge in [0.2, 0.25) is 0 Å². The molecule has 0 radical (unpaired) electrons. The van der Waals surface area contributed by atoms with Crippen LogP contribution in [0, 0.1) is 6.92 Å². The number of hydrogen-bond donors (Lipinski definition) is 2. The predicted molar refractivity (Wildman–Crippen MR) is 149 cm³/mol. The van der Waals surface area contributed by atoms with Crippen LogP contribution in [0.4, 0.5) is 0 Å². The van der Waals surface area contributed by atoms with Crippen LogP contribution in [-0.2, 0) is 0 Å². The third kappa shape index (κ3) is 6.68. The van der Waals surface area contributed by atoms with Crippen molar-refractivity contribution in [3.63, 3.8) is 0 Å². The average molecular weight is 432 g/mol. The van der Waals surface area contributed by atoms with Gasteiger partial charge in [0.15, 0.2) is 0 Å². The van der Waals surface area contributed by atoms with Gasteiger partial charge in [0.05, 0.1) is 0 Å². The Labute approximate surface area is 194 Å². The van der Waals surface area contributed by atoms with E-state index in [2.05, 4.69) is 86.5 Å². The van der Waals surface area contributed by atoms with E-state index in [0.717, 1.165) is 0 Å². The minimum atomic E-state index is 1.28. The standard InChI is InChI=1S/C21H16.C3H8N2.2C2H6.CH5N/c1-3-7-16-18-12-5-9-15-10-6-13-19(21(15)18)17-11-4-8-14(2)20(16)17;1-3-5(2)4;3*1-2/h3-13H,1H2,2H3;3H,1,4H2,2H3;2*1-2H3;2H2,1H3/b16-7-;;;;. The van der Waals surface area contributed by atoms with Gasteiger partial charge in [-0.1, -0.05) is 108 Å². The molecule has 172 valence electrons. The number of allylic oxidation sites excluding steroid dienone is 1. The van der Waals surface area contributed by atoms with Gasteiger partial charge in [-0.15, -0.1) is 0 Å². The third-order valence-electron chi connectivity index (χ3n) is 4.60. The van der Waals surface area contributed by atoms with E-state index in [-0.39, 0.29) is 0 Å². The molecular weight excluding hydrogens is 390 g/mol. The van der Waals surface area contributed by atoms with E-state index in [1.54, 1.807) is 7.05 Å². The van der Waals surface area contributed by atoms with Gasteiger partial charge in [0.1, 0.15) is 0 Å². The quantitative estimate of drug-likeness (QED) is 0.161. The average Bonchev–Trinajstić information content (AvgIpc) is 2.86. The fourth-order valence-electron chi connectivity index (χ4n) is 3.47. The summed E-state index contributed by atoms with van der Waals surface area (Å²) >= 11 is 0. The van der Waals surface area contributed by atoms with Crippen LogP contribution in [0.5, 0.6) is 0 Å². The number of benzene rings is 4. The van der Waals surface area contributed by atoms with Crippen LogP contribution in [0.1, 0.15) is 33.3 Å². The first-order chi connectivity index (χ1) is 15.6. The Bertz CT molecular complexity index is 1150. The number of nitrogens with two attached hydrogens (primary N) is 2. The maximum atomic E-state index is 5.01. The predicted octanol–water partition coefficient (Wildman–Crippen LogP) is 6.70. The minimum absolute atomic E-state index is 1.28. The first kappa shape index (κ1) is 28.9. The van der Waals surface area contributed by atoms with Crippen LogP contribution < -0.4 is 16.8 Å². The molecule has 4 aromatic carbocycles. The Hall–Kier alpha value is -3.14. The van der Waals surface area contributed by atoms with Crippen molar-refractivity contribution in [2.75, 3.05) is 14.1 Å². The lowest BCUT2D eigenvalue weighted by Crippen LogP contribution is -2.17. The second-order valence-corrected chi connectivity index (χ2v) is 6.37. The molecule has 0 heterocycles. The molecule has 0 bridgehead atoms. The Morgan fingerprint density at radius 1 is 0.750 bits per heavy atom. The van der Waals surface area contributed by atoms with E-state index in [4.69, 9.17) is 5.84 Å². The first-order valence-corrected chi connectivity index (χ1v) is 11.2. The van der Waals surface area contributed by atoms with Gasteiger partial charge >= 0.3 is 0 Å². The zero-order valence-electron chi connectivity index (χ0n) is 20.9. The molecule has 0 aliphatic heterocycles. The largest absolute Gasteiger partial charge is 0.333 e. The van der Waals surface area contributed by atoms with Gasteiger partial charge in [-0.3, -0.25) is 0 Å². The van der Waals surface area contributed by atoms with Crippen molar-refractivity contribution in [1.29, 1.82) is 0 Å². The fourth-order valence-corrected chi connectivity index (χ4v) is 3.47. The highest BCUT2D eigenvalue weighted by molar-refractivity contribution is 6.22. The molecule has 0 aromatic heterocycles. The van der Waals surface area contributed by atoms with E-state index in [1.807, 2.05) is 33.8 Å². The summed E-state index contributed by atoms with van der Waals surface area (Å²) in [5, 5.41) is 10.6. The number of fused-ring (bicyclic) bond motifs is 2. The molecule has 4 N–H and O–H groups in total. The lowest BCUT2D eigenvalue weighted by atomic mass is 9.91. The van der Waals surface area contributed by atoms with Crippen LogP contribution in [-0.4, -0.2) is 19.1 Å². The van der Waals surface area contributed by atoms with Crippen LogP contribution in [0.25, 0.3) is 38.4 Å². The molecule has 4 aromatic rings. The molecule has 3 heteroatoms. The summed E-state index contributed by atoms with van der Waals surface area (Å²) in [6, 6.07) is 19.7. The Morgan fingerprint density at radius 3 is 1.66 bits per heavy atom. The highest BCUT2D eigenvalue weighted by atomic mass is 15.4. The Morgan fingerprint density at radius 2 is 1.19 bits per heavy atom. The van der Waals surface area contributed by atoms with Crippen molar-refractivity contribution in [3.05, 3.63) is 90.8 Å². The molecule has 0 saturated heterocycles. The summed E-state index contributed by atoms with van der Waals surface area (Å²) in [6.45, 7) is 17.4. The maximum absolute atomic E-state index is 5.01. The number of hydrogen-bond acceptors (Lipinski definition) is 3. The van der Waals surface area contributed by atoms with Gasteiger partial charge in [-0.05, 0) is 57.1 Å². The topological polar surface area (TPSA) is 55.3 Å². The van der Waals surface area contributed by atoms with E-state index in [0.29, 0.717) is 0 Å². The van der Waals surface area contributed by atoms with Gasteiger partial charge in [-0.2, -0.15) is 0 Å². The molecule has 0 saturated carbocycles. The van der Waals surface area contributed by atoms with Crippen LogP contribution >= 0.6 is 0 Å². The number of hydrazine groups is 1. The molecule has 32 heavy (non-hydrogen) atoms. The van der Waals surface area contributed by atoms with Gasteiger partial charge < -0.3 is 10.7 Å². The van der Waals surface area contributed by atoms with Crippen molar-refractivity contribution in [1.82, 2.24) is 5.01 Å². The van der Waals surface area contributed by atoms with Gasteiger partial charge in [0.25, 0.3) is 0 Å². The van der Waals surface area contributed by atoms with Crippen molar-refractivity contribution in [2.45, 2.75) is 34.6 Å². The van der Waals surface area contributed by atoms with Crippen molar-refractivity contribution >= 4 is 38.4 Å². The SMILES string of the molecule is C=C/C=c1/c2cccc3cccc(c4cccc(C)c14)c32.C=CN(C)N.CC.CC.CN. The highest BCUT2D eigenvalue weighted by Crippen LogP contribution is 2.31. The molecule has 0 atom stereocenters. The van der Waals surface area contributed by atoms with Crippen LogP contribution in [0.2, 0.25) is 0 Å². The molecule has 0 fully saturated rings. The summed E-state index contributed by atoms with van der Waals surface area (Å²) < 4.78 is 0. The second kappa shape index (κ2) is 15.6. The highest BCUT2D eigenvalue weighted by Gasteiger charge is 2.09. The molecular formula is C29H41N3. The van der Waals surface area contributed by atoms with Crippen LogP contribution in [0.15, 0.2) is 80.0 Å². The monoisotopic (exact) mass is 431 g/mol. The zero-order chi connectivity index (χ0) is 24.7. The fraction of sp³-hybridized carbons (Fsp3) is 0.241. The smallest absolute Gasteiger partial charge is 0.0222 e. The number of nitrogens with zero attached hydrogens (tertiary/aromatic N) is 1. The summed E-state index contributed by atoms with van der Waals surface area (Å²) in [4.78, 5) is 0. The van der Waals surface area contributed by atoms with Crippen molar-refractivity contribution < 1.29 is 0 Å². The second-order valence-electron chi connectivity index (χ2n) is 6.37. The van der Waals surface area contributed by atoms with E-state index < -0.39 is 0 Å². The molecule has 0 aliphatic carbocycles. The molecule has 0 unspecified atom stereocenters. The van der Waals surface area contributed by atoms with Crippen molar-refractivity contribution in [3.8, 4) is 0 Å². The van der Waals surface area contributed by atoms with Gasteiger partial charge in [-0.25, -0.2) is 5.84 Å². The van der Waals surface area contributed by atoms with E-state index in [1.165, 1.54) is 61.4 Å². The zero-order valence-corrected chi connectivity index (χ0v) is 20.9. The minimum Gasteiger partial charge on any atom is -0.333 e. The summed E-state index contributed by atoms with van der Waals surface area (Å²) in [5.74, 6) is 5.01. The lowest BCUT2D eigenvalue weighted by Gasteiger charge is -2.12. The third-order valence-corrected chi connectivity index (χ3v) is 4.60. The Balaban J connectivity index is 0.000000753. The van der Waals surface area contributed by atoms with E-state index in [9.17, 15) is 0 Å². The van der Waals surface area contributed by atoms with Gasteiger partial charge in [0, 0.05) is 13.2 Å². The summed E-state index contributed by atoms with van der Waals surface area (Å²) in [5.41, 5.74) is 5.81. The lowest BCUT2D eigenvalue weighted by molar-refractivity contribution is 0.486. The molecule has 0 aliphatic rings. The first-order valence-electron chi connectivity index (χ1n) is 11.2.